The maximum absolute atomic E-state index is 13.0. The molecule has 0 aliphatic heterocycles. The molecule has 31 heavy (non-hydrogen) atoms. The van der Waals surface area contributed by atoms with Crippen LogP contribution in [0, 0.1) is 6.92 Å². The molecular weight excluding hydrogens is 396 g/mol. The van der Waals surface area contributed by atoms with Crippen LogP contribution in [0.25, 0.3) is 0 Å². The molecule has 0 radical (unpaired) electrons. The quantitative estimate of drug-likeness (QED) is 0.391. The van der Waals surface area contributed by atoms with Crippen LogP contribution >= 0.6 is 0 Å². The number of aliphatic hydroxyl groups is 2. The summed E-state index contributed by atoms with van der Waals surface area (Å²) in [4.78, 5) is 27.7. The highest BCUT2D eigenvalue weighted by atomic mass is 16.5. The highest BCUT2D eigenvalue weighted by molar-refractivity contribution is 6.00. The molecule has 1 aromatic carbocycles. The molecule has 0 saturated carbocycles. The number of nitrogens with one attached hydrogen (secondary N) is 1. The number of allylic oxidation sites excluding steroid dienone is 1. The molecule has 3 unspecified atom stereocenters. The van der Waals surface area contributed by atoms with E-state index in [0.29, 0.717) is 37.1 Å². The molecule has 3 atom stereocenters. The van der Waals surface area contributed by atoms with Crippen LogP contribution in [0.15, 0.2) is 30.9 Å². The van der Waals surface area contributed by atoms with E-state index in [1.165, 1.54) is 7.11 Å². The van der Waals surface area contributed by atoms with Crippen molar-refractivity contribution in [3.8, 4) is 0 Å². The van der Waals surface area contributed by atoms with Gasteiger partial charge in [0.25, 0.3) is 11.8 Å². The van der Waals surface area contributed by atoms with E-state index in [0.717, 1.165) is 18.4 Å². The normalized spacial score (nSPS) is 13.9. The van der Waals surface area contributed by atoms with Crippen LogP contribution in [0.3, 0.4) is 0 Å². The minimum absolute atomic E-state index is 0.0462. The molecule has 0 aromatic heterocycles. The minimum Gasteiger partial charge on any atom is -0.388 e. The Kier molecular flexibility index (Phi) is 12.1. The Morgan fingerprint density at radius 3 is 2.32 bits per heavy atom. The Hall–Kier alpha value is -2.22. The number of methoxy groups -OCH3 is 1. The molecular formula is C24H38N2O5. The molecule has 0 bridgehead atoms. The Bertz CT molecular complexity index is 716. The van der Waals surface area contributed by atoms with Gasteiger partial charge in [0.15, 0.2) is 0 Å². The summed E-state index contributed by atoms with van der Waals surface area (Å²) in [6.45, 7) is 10.8. The number of benzene rings is 1. The second kappa shape index (κ2) is 14.0. The molecule has 0 heterocycles. The van der Waals surface area contributed by atoms with Crippen molar-refractivity contribution in [2.24, 2.45) is 0 Å². The monoisotopic (exact) mass is 434 g/mol. The maximum Gasteiger partial charge on any atom is 0.253 e. The summed E-state index contributed by atoms with van der Waals surface area (Å²) < 4.78 is 4.90. The highest BCUT2D eigenvalue weighted by Gasteiger charge is 2.28. The molecule has 3 N–H and O–H groups in total. The van der Waals surface area contributed by atoms with Gasteiger partial charge in [-0.1, -0.05) is 19.9 Å². The predicted octanol–water partition coefficient (Wildman–Crippen LogP) is 2.69. The van der Waals surface area contributed by atoms with Gasteiger partial charge < -0.3 is 25.2 Å². The molecule has 0 spiro atoms. The fourth-order valence-electron chi connectivity index (χ4n) is 3.49. The first-order chi connectivity index (χ1) is 14.8. The van der Waals surface area contributed by atoms with Gasteiger partial charge in [-0.05, 0) is 56.4 Å². The first-order valence-corrected chi connectivity index (χ1v) is 11.0. The third-order valence-corrected chi connectivity index (χ3v) is 5.00. The Morgan fingerprint density at radius 1 is 1.16 bits per heavy atom. The molecule has 1 rings (SSSR count). The van der Waals surface area contributed by atoms with Crippen LogP contribution in [0.4, 0.5) is 0 Å². The standard InChI is InChI=1S/C24H38N2O5/c1-6-9-10-20(22(28)21(27)16-31-5)25-23(29)18-13-17(4)14-19(15-18)24(30)26(11-7-2)12-8-3/h6,13-15,20-22,27-28H,1,7-12,16H2,2-5H3,(H,25,29). The largest absolute Gasteiger partial charge is 0.388 e. The molecule has 1 aromatic rings. The summed E-state index contributed by atoms with van der Waals surface area (Å²) >= 11 is 0. The number of rotatable bonds is 14. The van der Waals surface area contributed by atoms with Gasteiger partial charge in [-0.25, -0.2) is 0 Å². The first kappa shape index (κ1) is 26.8. The van der Waals surface area contributed by atoms with Gasteiger partial charge >= 0.3 is 0 Å². The van der Waals surface area contributed by atoms with Crippen molar-refractivity contribution in [3.05, 3.63) is 47.5 Å². The number of carbonyl (C=O) groups excluding carboxylic acids is 2. The van der Waals surface area contributed by atoms with Crippen molar-refractivity contribution in [3.63, 3.8) is 0 Å². The van der Waals surface area contributed by atoms with E-state index in [9.17, 15) is 19.8 Å². The lowest BCUT2D eigenvalue weighted by Gasteiger charge is -2.27. The lowest BCUT2D eigenvalue weighted by Crippen LogP contribution is -2.49. The van der Waals surface area contributed by atoms with E-state index < -0.39 is 24.2 Å². The van der Waals surface area contributed by atoms with Crippen LogP contribution in [0.5, 0.6) is 0 Å². The van der Waals surface area contributed by atoms with Gasteiger partial charge in [-0.15, -0.1) is 6.58 Å². The summed E-state index contributed by atoms with van der Waals surface area (Å²) in [5.41, 5.74) is 1.61. The van der Waals surface area contributed by atoms with Gasteiger partial charge in [-0.3, -0.25) is 9.59 Å². The van der Waals surface area contributed by atoms with Crippen molar-refractivity contribution in [2.75, 3.05) is 26.8 Å². The molecule has 7 heteroatoms. The molecule has 0 fully saturated rings. The van der Waals surface area contributed by atoms with Gasteiger partial charge in [0, 0.05) is 31.3 Å². The minimum atomic E-state index is -1.20. The molecule has 0 aliphatic carbocycles. The second-order valence-electron chi connectivity index (χ2n) is 7.84. The lowest BCUT2D eigenvalue weighted by molar-refractivity contribution is -0.0418. The number of aliphatic hydroxyl groups excluding tert-OH is 2. The summed E-state index contributed by atoms with van der Waals surface area (Å²) in [5, 5.41) is 23.4. The average molecular weight is 435 g/mol. The van der Waals surface area contributed by atoms with E-state index in [-0.39, 0.29) is 12.5 Å². The van der Waals surface area contributed by atoms with Crippen molar-refractivity contribution in [1.29, 1.82) is 0 Å². The van der Waals surface area contributed by atoms with E-state index in [1.54, 1.807) is 29.2 Å². The number of hydrogen-bond acceptors (Lipinski definition) is 5. The van der Waals surface area contributed by atoms with Crippen molar-refractivity contribution < 1.29 is 24.5 Å². The fraction of sp³-hybridized carbons (Fsp3) is 0.583. The third kappa shape index (κ3) is 8.44. The number of amides is 2. The maximum atomic E-state index is 13.0. The predicted molar refractivity (Wildman–Crippen MR) is 122 cm³/mol. The molecule has 174 valence electrons. The van der Waals surface area contributed by atoms with Crippen molar-refractivity contribution >= 4 is 11.8 Å². The highest BCUT2D eigenvalue weighted by Crippen LogP contribution is 2.15. The smallest absolute Gasteiger partial charge is 0.253 e. The van der Waals surface area contributed by atoms with E-state index in [2.05, 4.69) is 11.9 Å². The van der Waals surface area contributed by atoms with Crippen LogP contribution in [-0.2, 0) is 4.74 Å². The molecule has 0 aliphatic rings. The van der Waals surface area contributed by atoms with Crippen LogP contribution in [-0.4, -0.2) is 72.0 Å². The van der Waals surface area contributed by atoms with Gasteiger partial charge in [-0.2, -0.15) is 0 Å². The van der Waals surface area contributed by atoms with Crippen LogP contribution in [0.2, 0.25) is 0 Å². The van der Waals surface area contributed by atoms with E-state index in [4.69, 9.17) is 4.74 Å². The summed E-state index contributed by atoms with van der Waals surface area (Å²) in [5.74, 6) is -0.506. The number of ether oxygens (including phenoxy) is 1. The number of aryl methyl sites for hydroxylation is 1. The van der Waals surface area contributed by atoms with Gasteiger partial charge in [0.1, 0.15) is 12.2 Å². The Balaban J connectivity index is 3.09. The number of hydrogen-bond donors (Lipinski definition) is 3. The number of nitrogens with zero attached hydrogens (tertiary/aromatic N) is 1. The van der Waals surface area contributed by atoms with Gasteiger partial charge in [0.2, 0.25) is 0 Å². The van der Waals surface area contributed by atoms with Crippen LogP contribution < -0.4 is 5.32 Å². The second-order valence-corrected chi connectivity index (χ2v) is 7.84. The summed E-state index contributed by atoms with van der Waals surface area (Å²) in [7, 11) is 1.43. The molecule has 7 nitrogen and oxygen atoms in total. The molecule has 0 saturated heterocycles. The zero-order valence-electron chi connectivity index (χ0n) is 19.3. The zero-order chi connectivity index (χ0) is 23.4. The summed E-state index contributed by atoms with van der Waals surface area (Å²) in [6, 6.07) is 4.39. The summed E-state index contributed by atoms with van der Waals surface area (Å²) in [6.07, 6.45) is 2.05. The third-order valence-electron chi connectivity index (χ3n) is 5.00. The lowest BCUT2D eigenvalue weighted by atomic mass is 9.99. The SMILES string of the molecule is C=CCCC(NC(=O)c1cc(C)cc(C(=O)N(CCC)CCC)c1)C(O)C(O)COC. The topological polar surface area (TPSA) is 99.1 Å². The molecule has 2 amide bonds. The zero-order valence-corrected chi connectivity index (χ0v) is 19.3. The number of carbonyl (C=O) groups is 2. The van der Waals surface area contributed by atoms with Crippen molar-refractivity contribution in [1.82, 2.24) is 10.2 Å². The van der Waals surface area contributed by atoms with E-state index >= 15 is 0 Å². The van der Waals surface area contributed by atoms with Crippen LogP contribution in [0.1, 0.15) is 65.8 Å². The Morgan fingerprint density at radius 2 is 1.77 bits per heavy atom. The fourth-order valence-corrected chi connectivity index (χ4v) is 3.49. The first-order valence-electron chi connectivity index (χ1n) is 11.0. The van der Waals surface area contributed by atoms with Crippen molar-refractivity contribution in [2.45, 2.75) is 64.7 Å². The average Bonchev–Trinajstić information content (AvgIpc) is 2.75. The van der Waals surface area contributed by atoms with Gasteiger partial charge in [0.05, 0.1) is 12.6 Å². The van der Waals surface area contributed by atoms with E-state index in [1.807, 2.05) is 20.8 Å². The Labute approximate surface area is 186 Å².